The summed E-state index contributed by atoms with van der Waals surface area (Å²) < 4.78 is 43.1. The van der Waals surface area contributed by atoms with E-state index in [9.17, 15) is 23.1 Å². The summed E-state index contributed by atoms with van der Waals surface area (Å²) in [6.07, 6.45) is 3.64. The second-order valence-corrected chi connectivity index (χ2v) is 9.67. The summed E-state index contributed by atoms with van der Waals surface area (Å²) in [7, 11) is 0. The Balaban J connectivity index is 1.50. The molecule has 1 aromatic carbocycles. The fourth-order valence-corrected chi connectivity index (χ4v) is 5.32. The number of ketones is 1. The zero-order chi connectivity index (χ0) is 25.6. The number of pyridine rings is 2. The van der Waals surface area contributed by atoms with Crippen molar-refractivity contribution in [3.63, 3.8) is 0 Å². The van der Waals surface area contributed by atoms with E-state index in [-0.39, 0.29) is 18.0 Å². The van der Waals surface area contributed by atoms with Crippen LogP contribution in [0.2, 0.25) is 0 Å². The van der Waals surface area contributed by atoms with Crippen LogP contribution in [-0.4, -0.2) is 46.1 Å². The molecule has 3 N–H and O–H groups in total. The molecule has 5 rings (SSSR count). The minimum Gasteiger partial charge on any atom is -0.391 e. The van der Waals surface area contributed by atoms with Crippen LogP contribution in [0.25, 0.3) is 11.3 Å². The molecule has 0 spiro atoms. The van der Waals surface area contributed by atoms with Gasteiger partial charge in [-0.25, -0.2) is 18.2 Å². The normalized spacial score (nSPS) is 21.5. The van der Waals surface area contributed by atoms with Crippen molar-refractivity contribution in [1.29, 1.82) is 0 Å². The van der Waals surface area contributed by atoms with Crippen LogP contribution in [0.3, 0.4) is 0 Å². The Labute approximate surface area is 207 Å². The van der Waals surface area contributed by atoms with Crippen molar-refractivity contribution in [2.45, 2.75) is 44.8 Å². The fourth-order valence-electron chi connectivity index (χ4n) is 5.32. The number of aryl methyl sites for hydroxylation is 1. The zero-order valence-corrected chi connectivity index (χ0v) is 19.8. The molecular formula is C27H27F3N4O2. The number of piperidine rings is 1. The van der Waals surface area contributed by atoms with Crippen molar-refractivity contribution in [1.82, 2.24) is 9.97 Å². The minimum absolute atomic E-state index is 0.0560. The number of aromatic nitrogens is 2. The van der Waals surface area contributed by atoms with Crippen LogP contribution in [0.5, 0.6) is 0 Å². The molecule has 188 valence electrons. The SMILES string of the molecule is C[C@H]1CN(c2c(CC(=O)c3ccc(F)c(-c4c(F)cccc4F)n3)cnc3c2CCC3)C[C@@H](N)[C@@H]1O. The van der Waals surface area contributed by atoms with E-state index in [4.69, 9.17) is 5.73 Å². The summed E-state index contributed by atoms with van der Waals surface area (Å²) in [5, 5.41) is 10.3. The van der Waals surface area contributed by atoms with Crippen molar-refractivity contribution >= 4 is 11.5 Å². The molecule has 1 aliphatic carbocycles. The van der Waals surface area contributed by atoms with E-state index in [1.165, 1.54) is 12.1 Å². The van der Waals surface area contributed by atoms with Gasteiger partial charge in [-0.3, -0.25) is 9.78 Å². The van der Waals surface area contributed by atoms with E-state index in [0.29, 0.717) is 18.7 Å². The molecule has 0 bridgehead atoms. The summed E-state index contributed by atoms with van der Waals surface area (Å²) in [4.78, 5) is 24.0. The molecule has 0 radical (unpaired) electrons. The van der Waals surface area contributed by atoms with Crippen LogP contribution in [0.15, 0.2) is 36.5 Å². The Morgan fingerprint density at radius 2 is 1.86 bits per heavy atom. The van der Waals surface area contributed by atoms with E-state index in [0.717, 1.165) is 54.4 Å². The Bertz CT molecular complexity index is 1300. The van der Waals surface area contributed by atoms with E-state index in [1.54, 1.807) is 6.20 Å². The molecule has 1 fully saturated rings. The molecule has 2 aromatic heterocycles. The number of carbonyl (C=O) groups is 1. The number of hydrogen-bond donors (Lipinski definition) is 2. The maximum atomic E-state index is 14.5. The minimum atomic E-state index is -0.964. The van der Waals surface area contributed by atoms with Crippen molar-refractivity contribution in [2.24, 2.45) is 11.7 Å². The number of nitrogens with zero attached hydrogens (tertiary/aromatic N) is 3. The van der Waals surface area contributed by atoms with Gasteiger partial charge in [0.2, 0.25) is 0 Å². The molecule has 9 heteroatoms. The maximum absolute atomic E-state index is 14.5. The number of benzene rings is 1. The lowest BCUT2D eigenvalue weighted by molar-refractivity contribution is 0.0783. The lowest BCUT2D eigenvalue weighted by atomic mass is 9.91. The number of halogens is 3. The van der Waals surface area contributed by atoms with Crippen LogP contribution in [0, 0.1) is 23.4 Å². The van der Waals surface area contributed by atoms with E-state index < -0.39 is 46.6 Å². The number of anilines is 1. The predicted molar refractivity (Wildman–Crippen MR) is 129 cm³/mol. The van der Waals surface area contributed by atoms with E-state index in [1.807, 2.05) is 6.92 Å². The largest absolute Gasteiger partial charge is 0.391 e. The number of fused-ring (bicyclic) bond motifs is 1. The molecule has 3 aromatic rings. The van der Waals surface area contributed by atoms with Crippen molar-refractivity contribution in [2.75, 3.05) is 18.0 Å². The second kappa shape index (κ2) is 9.63. The Kier molecular flexibility index (Phi) is 6.53. The van der Waals surface area contributed by atoms with Gasteiger partial charge in [0.1, 0.15) is 28.8 Å². The van der Waals surface area contributed by atoms with Crippen LogP contribution in [0.4, 0.5) is 18.9 Å². The molecular weight excluding hydrogens is 469 g/mol. The van der Waals surface area contributed by atoms with Gasteiger partial charge in [0.05, 0.1) is 11.7 Å². The van der Waals surface area contributed by atoms with Gasteiger partial charge in [-0.15, -0.1) is 0 Å². The summed E-state index contributed by atoms with van der Waals surface area (Å²) >= 11 is 0. The Hall–Kier alpha value is -3.30. The molecule has 0 saturated carbocycles. The first-order valence-electron chi connectivity index (χ1n) is 12.1. The molecule has 3 heterocycles. The van der Waals surface area contributed by atoms with Gasteiger partial charge < -0.3 is 15.7 Å². The first kappa shape index (κ1) is 24.4. The Morgan fingerprint density at radius 3 is 2.58 bits per heavy atom. The summed E-state index contributed by atoms with van der Waals surface area (Å²) in [6, 6.07) is 4.98. The molecule has 2 aliphatic rings. The average molecular weight is 497 g/mol. The highest BCUT2D eigenvalue weighted by Gasteiger charge is 2.34. The third-order valence-corrected chi connectivity index (χ3v) is 7.11. The highest BCUT2D eigenvalue weighted by Crippen LogP contribution is 2.36. The zero-order valence-electron chi connectivity index (χ0n) is 19.8. The maximum Gasteiger partial charge on any atom is 0.185 e. The fraction of sp³-hybridized carbons (Fsp3) is 0.370. The third kappa shape index (κ3) is 4.37. The lowest BCUT2D eigenvalue weighted by Crippen LogP contribution is -2.56. The van der Waals surface area contributed by atoms with Gasteiger partial charge >= 0.3 is 0 Å². The number of rotatable bonds is 5. The Morgan fingerprint density at radius 1 is 1.11 bits per heavy atom. The molecule has 36 heavy (non-hydrogen) atoms. The highest BCUT2D eigenvalue weighted by molar-refractivity contribution is 5.97. The highest BCUT2D eigenvalue weighted by atomic mass is 19.1. The van der Waals surface area contributed by atoms with Crippen LogP contribution in [0.1, 0.15) is 40.7 Å². The standard InChI is InChI=1S/C27H27F3N4O2/c1-14-12-34(13-20(31)27(14)36)26-15(11-32-21-7-2-4-16(21)26)10-23(35)22-9-8-19(30)25(33-22)24-17(28)5-3-6-18(24)29/h3,5-6,8-9,11,14,20,27,36H,2,4,7,10,12-13,31H2,1H3/t14-,20+,27+/m0/s1. The third-order valence-electron chi connectivity index (χ3n) is 7.11. The number of aliphatic hydroxyl groups excluding tert-OH is 1. The van der Waals surface area contributed by atoms with Gasteiger partial charge in [-0.05, 0) is 49.1 Å². The quantitative estimate of drug-likeness (QED) is 0.525. The first-order valence-corrected chi connectivity index (χ1v) is 12.1. The van der Waals surface area contributed by atoms with Crippen molar-refractivity contribution in [3.05, 3.63) is 76.5 Å². The molecule has 6 nitrogen and oxygen atoms in total. The predicted octanol–water partition coefficient (Wildman–Crippen LogP) is 3.62. The number of hydrogen-bond acceptors (Lipinski definition) is 6. The smallest absolute Gasteiger partial charge is 0.185 e. The van der Waals surface area contributed by atoms with Gasteiger partial charge in [-0.2, -0.15) is 0 Å². The van der Waals surface area contributed by atoms with Gasteiger partial charge in [0.15, 0.2) is 5.78 Å². The van der Waals surface area contributed by atoms with Crippen molar-refractivity contribution < 1.29 is 23.1 Å². The van der Waals surface area contributed by atoms with E-state index >= 15 is 0 Å². The molecule has 0 amide bonds. The summed E-state index contributed by atoms with van der Waals surface area (Å²) in [6.45, 7) is 2.96. The topological polar surface area (TPSA) is 92.3 Å². The van der Waals surface area contributed by atoms with Crippen molar-refractivity contribution in [3.8, 4) is 11.3 Å². The van der Waals surface area contributed by atoms with Crippen LogP contribution in [-0.2, 0) is 19.3 Å². The van der Waals surface area contributed by atoms with Gasteiger partial charge in [0.25, 0.3) is 0 Å². The van der Waals surface area contributed by atoms with E-state index in [2.05, 4.69) is 14.9 Å². The second-order valence-electron chi connectivity index (χ2n) is 9.67. The van der Waals surface area contributed by atoms with Crippen LogP contribution < -0.4 is 10.6 Å². The van der Waals surface area contributed by atoms with Gasteiger partial charge in [-0.1, -0.05) is 13.0 Å². The lowest BCUT2D eigenvalue weighted by Gasteiger charge is -2.41. The molecule has 3 atom stereocenters. The summed E-state index contributed by atoms with van der Waals surface area (Å²) in [5.41, 5.74) is 8.62. The number of aliphatic hydroxyl groups is 1. The number of Topliss-reactive ketones (excluding diaryl/α,β-unsaturated/α-hetero) is 1. The molecule has 0 unspecified atom stereocenters. The van der Waals surface area contributed by atoms with Gasteiger partial charge in [0, 0.05) is 54.6 Å². The number of nitrogens with two attached hydrogens (primary N) is 1. The van der Waals surface area contributed by atoms with Crippen LogP contribution >= 0.6 is 0 Å². The number of carbonyl (C=O) groups excluding carboxylic acids is 1. The molecule has 1 saturated heterocycles. The monoisotopic (exact) mass is 496 g/mol. The molecule has 1 aliphatic heterocycles. The average Bonchev–Trinajstić information content (AvgIpc) is 3.32. The first-order chi connectivity index (χ1) is 17.2. The summed E-state index contributed by atoms with van der Waals surface area (Å²) in [5.74, 6) is -3.34.